The van der Waals surface area contributed by atoms with E-state index >= 15 is 0 Å². The summed E-state index contributed by atoms with van der Waals surface area (Å²) < 4.78 is 14.1. The molecule has 0 aliphatic heterocycles. The van der Waals surface area contributed by atoms with Crippen LogP contribution in [-0.4, -0.2) is 5.11 Å². The van der Waals surface area contributed by atoms with Crippen molar-refractivity contribution in [1.82, 2.24) is 0 Å². The van der Waals surface area contributed by atoms with E-state index < -0.39 is 0 Å². The Morgan fingerprint density at radius 1 is 1.55 bits per heavy atom. The topological polar surface area (TPSA) is 20.2 Å². The second-order valence-electron chi connectivity index (χ2n) is 2.02. The van der Waals surface area contributed by atoms with E-state index in [1.165, 1.54) is 6.07 Å². The van der Waals surface area contributed by atoms with Crippen molar-refractivity contribution in [2.45, 2.75) is 6.61 Å². The Labute approximate surface area is 85.9 Å². The van der Waals surface area contributed by atoms with E-state index in [-0.39, 0.29) is 12.4 Å². The Balaban J connectivity index is 3.21. The molecule has 1 aromatic rings. The second kappa shape index (κ2) is 3.82. The normalized spacial score (nSPS) is 10.2. The van der Waals surface area contributed by atoms with E-state index in [4.69, 9.17) is 5.11 Å². The molecule has 0 bridgehead atoms. The van der Waals surface area contributed by atoms with Crippen LogP contribution in [0.2, 0.25) is 0 Å². The van der Waals surface area contributed by atoms with E-state index in [2.05, 4.69) is 15.9 Å². The maximum atomic E-state index is 12.8. The summed E-state index contributed by atoms with van der Waals surface area (Å²) in [5.74, 6) is -0.338. The van der Waals surface area contributed by atoms with E-state index in [0.29, 0.717) is 10.0 Å². The molecule has 1 rings (SSSR count). The first-order valence-electron chi connectivity index (χ1n) is 2.89. The average molecular weight is 331 g/mol. The van der Waals surface area contributed by atoms with Gasteiger partial charge in [-0.2, -0.15) is 0 Å². The van der Waals surface area contributed by atoms with Gasteiger partial charge < -0.3 is 5.11 Å². The van der Waals surface area contributed by atoms with Gasteiger partial charge in [-0.3, -0.25) is 0 Å². The van der Waals surface area contributed by atoms with Crippen molar-refractivity contribution in [2.24, 2.45) is 0 Å². The number of halogens is 3. The van der Waals surface area contributed by atoms with Gasteiger partial charge in [-0.05, 0) is 56.2 Å². The molecule has 0 aromatic heterocycles. The molecule has 1 nitrogen and oxygen atoms in total. The summed E-state index contributed by atoms with van der Waals surface area (Å²) in [5.41, 5.74) is 0.617. The van der Waals surface area contributed by atoms with Gasteiger partial charge in [-0.15, -0.1) is 0 Å². The maximum absolute atomic E-state index is 12.8. The number of hydrogen-bond acceptors (Lipinski definition) is 1. The summed E-state index contributed by atoms with van der Waals surface area (Å²) >= 11 is 5.09. The average Bonchev–Trinajstić information content (AvgIpc) is 1.97. The lowest BCUT2D eigenvalue weighted by molar-refractivity contribution is 0.280. The minimum absolute atomic E-state index is 0.123. The molecule has 0 saturated heterocycles. The molecule has 4 heteroatoms. The van der Waals surface area contributed by atoms with Gasteiger partial charge in [0.1, 0.15) is 5.82 Å². The third-order valence-electron chi connectivity index (χ3n) is 1.26. The largest absolute Gasteiger partial charge is 0.392 e. The standard InChI is InChI=1S/C7H5BrFIO/c8-5-2-7(10)4(3-11)1-6(5)9/h1-2,11H,3H2. The van der Waals surface area contributed by atoms with Crippen molar-refractivity contribution < 1.29 is 9.50 Å². The molecule has 1 N–H and O–H groups in total. The molecule has 0 spiro atoms. The first-order chi connectivity index (χ1) is 5.15. The lowest BCUT2D eigenvalue weighted by atomic mass is 10.2. The van der Waals surface area contributed by atoms with Crippen LogP contribution in [0.15, 0.2) is 16.6 Å². The molecule has 0 unspecified atom stereocenters. The van der Waals surface area contributed by atoms with Gasteiger partial charge in [0.15, 0.2) is 0 Å². The Morgan fingerprint density at radius 3 is 2.73 bits per heavy atom. The highest BCUT2D eigenvalue weighted by atomic mass is 127. The summed E-state index contributed by atoms with van der Waals surface area (Å²) in [4.78, 5) is 0. The zero-order valence-electron chi connectivity index (χ0n) is 5.44. The third-order valence-corrected chi connectivity index (χ3v) is 2.87. The number of aliphatic hydroxyl groups excluding tert-OH is 1. The summed E-state index contributed by atoms with van der Waals surface area (Å²) in [6.07, 6.45) is 0. The van der Waals surface area contributed by atoms with Crippen LogP contribution in [0, 0.1) is 9.39 Å². The first kappa shape index (κ1) is 9.41. The zero-order chi connectivity index (χ0) is 8.43. The molecule has 0 radical (unpaired) electrons. The minimum Gasteiger partial charge on any atom is -0.392 e. The number of benzene rings is 1. The highest BCUT2D eigenvalue weighted by molar-refractivity contribution is 14.1. The van der Waals surface area contributed by atoms with Crippen LogP contribution in [0.3, 0.4) is 0 Å². The minimum atomic E-state index is -0.338. The van der Waals surface area contributed by atoms with Crippen molar-refractivity contribution >= 4 is 38.5 Å². The molecule has 0 fully saturated rings. The second-order valence-corrected chi connectivity index (χ2v) is 4.03. The zero-order valence-corrected chi connectivity index (χ0v) is 9.19. The van der Waals surface area contributed by atoms with Crippen molar-refractivity contribution in [3.8, 4) is 0 Å². The molecule has 0 saturated carbocycles. The van der Waals surface area contributed by atoms with Crippen LogP contribution in [-0.2, 0) is 6.61 Å². The molecule has 1 aromatic carbocycles. The van der Waals surface area contributed by atoms with Gasteiger partial charge in [0, 0.05) is 3.57 Å². The van der Waals surface area contributed by atoms with Crippen LogP contribution in [0.5, 0.6) is 0 Å². The molecule has 0 aliphatic rings. The Kier molecular flexibility index (Phi) is 3.27. The molecule has 0 amide bonds. The smallest absolute Gasteiger partial charge is 0.137 e. The first-order valence-corrected chi connectivity index (χ1v) is 4.76. The highest BCUT2D eigenvalue weighted by Gasteiger charge is 2.04. The molecule has 0 atom stereocenters. The summed E-state index contributed by atoms with van der Waals surface area (Å²) in [6, 6.07) is 2.97. The molecule has 0 heterocycles. The predicted octanol–water partition coefficient (Wildman–Crippen LogP) is 2.69. The van der Waals surface area contributed by atoms with Crippen LogP contribution >= 0.6 is 38.5 Å². The summed E-state index contributed by atoms with van der Waals surface area (Å²) in [6.45, 7) is -0.123. The lowest BCUT2D eigenvalue weighted by Crippen LogP contribution is -1.90. The van der Waals surface area contributed by atoms with Crippen LogP contribution in [0.1, 0.15) is 5.56 Å². The van der Waals surface area contributed by atoms with Crippen LogP contribution in [0.4, 0.5) is 4.39 Å². The maximum Gasteiger partial charge on any atom is 0.137 e. The summed E-state index contributed by atoms with van der Waals surface area (Å²) in [5, 5.41) is 8.75. The van der Waals surface area contributed by atoms with Crippen molar-refractivity contribution in [2.75, 3.05) is 0 Å². The SMILES string of the molecule is OCc1cc(F)c(Br)cc1I. The molecule has 60 valence electrons. The monoisotopic (exact) mass is 330 g/mol. The van der Waals surface area contributed by atoms with Crippen molar-refractivity contribution in [3.63, 3.8) is 0 Å². The van der Waals surface area contributed by atoms with Crippen LogP contribution in [0.25, 0.3) is 0 Å². The van der Waals surface area contributed by atoms with Gasteiger partial charge in [0.05, 0.1) is 11.1 Å². The fourth-order valence-electron chi connectivity index (χ4n) is 0.685. The molecular formula is C7H5BrFIO. The lowest BCUT2D eigenvalue weighted by Gasteiger charge is -2.01. The van der Waals surface area contributed by atoms with Gasteiger partial charge in [0.2, 0.25) is 0 Å². The quantitative estimate of drug-likeness (QED) is 0.620. The van der Waals surface area contributed by atoms with Gasteiger partial charge >= 0.3 is 0 Å². The van der Waals surface area contributed by atoms with Crippen molar-refractivity contribution in [1.29, 1.82) is 0 Å². The molecule has 11 heavy (non-hydrogen) atoms. The number of aliphatic hydroxyl groups is 1. The number of hydrogen-bond donors (Lipinski definition) is 1. The highest BCUT2D eigenvalue weighted by Crippen LogP contribution is 2.21. The number of rotatable bonds is 1. The predicted molar refractivity (Wildman–Crippen MR) is 52.7 cm³/mol. The van der Waals surface area contributed by atoms with E-state index in [0.717, 1.165) is 3.57 Å². The molecular weight excluding hydrogens is 326 g/mol. The Morgan fingerprint density at radius 2 is 2.18 bits per heavy atom. The van der Waals surface area contributed by atoms with Crippen LogP contribution < -0.4 is 0 Å². The molecule has 0 aliphatic carbocycles. The van der Waals surface area contributed by atoms with Gasteiger partial charge in [-0.1, -0.05) is 0 Å². The van der Waals surface area contributed by atoms with E-state index in [1.54, 1.807) is 6.07 Å². The van der Waals surface area contributed by atoms with Crippen molar-refractivity contribution in [3.05, 3.63) is 31.6 Å². The van der Waals surface area contributed by atoms with E-state index in [9.17, 15) is 4.39 Å². The van der Waals surface area contributed by atoms with E-state index in [1.807, 2.05) is 22.6 Å². The fourth-order valence-corrected chi connectivity index (χ4v) is 2.09. The fraction of sp³-hybridized carbons (Fsp3) is 0.143. The van der Waals surface area contributed by atoms with Gasteiger partial charge in [-0.25, -0.2) is 4.39 Å². The van der Waals surface area contributed by atoms with Gasteiger partial charge in [0.25, 0.3) is 0 Å². The summed E-state index contributed by atoms with van der Waals surface area (Å²) in [7, 11) is 0. The Bertz CT molecular complexity index is 277. The Hall–Kier alpha value is 0.320. The third kappa shape index (κ3) is 2.13.